The highest BCUT2D eigenvalue weighted by molar-refractivity contribution is 7.13. The lowest BCUT2D eigenvalue weighted by molar-refractivity contribution is 0.807. The van der Waals surface area contributed by atoms with E-state index in [0.717, 1.165) is 17.9 Å². The highest BCUT2D eigenvalue weighted by Gasteiger charge is 2.07. The molecule has 0 unspecified atom stereocenters. The predicted molar refractivity (Wildman–Crippen MR) is 73.9 cm³/mol. The Morgan fingerprint density at radius 1 is 1.22 bits per heavy atom. The van der Waals surface area contributed by atoms with Crippen molar-refractivity contribution in [2.24, 2.45) is 0 Å². The van der Waals surface area contributed by atoms with Gasteiger partial charge in [0.2, 0.25) is 0 Å². The first kappa shape index (κ1) is 11.4. The number of pyridine rings is 1. The van der Waals surface area contributed by atoms with Gasteiger partial charge in [0.15, 0.2) is 0 Å². The second-order valence-corrected chi connectivity index (χ2v) is 5.18. The molecule has 5 heteroatoms. The molecule has 0 aromatic carbocycles. The monoisotopic (exact) mass is 275 g/mol. The molecule has 0 saturated carbocycles. The maximum atomic E-state index is 5.89. The number of imidazole rings is 1. The van der Waals surface area contributed by atoms with Crippen molar-refractivity contribution in [3.8, 4) is 10.7 Å². The maximum absolute atomic E-state index is 5.89. The van der Waals surface area contributed by atoms with Gasteiger partial charge in [0, 0.05) is 25.1 Å². The number of hydrogen-bond acceptors (Lipinski definition) is 3. The number of nitrogens with zero attached hydrogens (tertiary/aromatic N) is 3. The van der Waals surface area contributed by atoms with Crippen molar-refractivity contribution in [1.29, 1.82) is 0 Å². The molecule has 3 rings (SSSR count). The average Bonchev–Trinajstić information content (AvgIpc) is 2.98. The Bertz CT molecular complexity index is 646. The Morgan fingerprint density at radius 3 is 2.94 bits per heavy atom. The Labute approximate surface area is 114 Å². The second kappa shape index (κ2) is 4.92. The van der Waals surface area contributed by atoms with Crippen LogP contribution < -0.4 is 0 Å². The summed E-state index contributed by atoms with van der Waals surface area (Å²) in [6, 6.07) is 7.94. The zero-order valence-electron chi connectivity index (χ0n) is 9.45. The molecule has 3 heterocycles. The van der Waals surface area contributed by atoms with Crippen molar-refractivity contribution in [3.63, 3.8) is 0 Å². The zero-order chi connectivity index (χ0) is 12.4. The van der Waals surface area contributed by atoms with E-state index in [9.17, 15) is 0 Å². The minimum absolute atomic E-state index is 0.519. The molecule has 3 aromatic heterocycles. The van der Waals surface area contributed by atoms with Gasteiger partial charge in [-0.2, -0.15) is 0 Å². The lowest BCUT2D eigenvalue weighted by Gasteiger charge is -2.06. The van der Waals surface area contributed by atoms with Crippen LogP contribution in [0.2, 0.25) is 5.15 Å². The van der Waals surface area contributed by atoms with Gasteiger partial charge in [-0.15, -0.1) is 11.3 Å². The van der Waals surface area contributed by atoms with Gasteiger partial charge in [-0.3, -0.25) is 0 Å². The molecule has 3 nitrogen and oxygen atoms in total. The average molecular weight is 276 g/mol. The number of halogens is 1. The Hall–Kier alpha value is -1.65. The first-order valence-electron chi connectivity index (χ1n) is 5.48. The van der Waals surface area contributed by atoms with Crippen LogP contribution in [0, 0.1) is 0 Å². The third-order valence-electron chi connectivity index (χ3n) is 2.60. The zero-order valence-corrected chi connectivity index (χ0v) is 11.0. The van der Waals surface area contributed by atoms with E-state index in [1.54, 1.807) is 17.5 Å². The van der Waals surface area contributed by atoms with E-state index in [-0.39, 0.29) is 0 Å². The molecular formula is C13H10ClN3S. The third-order valence-corrected chi connectivity index (χ3v) is 3.67. The first-order chi connectivity index (χ1) is 8.83. The van der Waals surface area contributed by atoms with E-state index in [1.165, 1.54) is 4.88 Å². The predicted octanol–water partition coefficient (Wildman–Crippen LogP) is 3.71. The van der Waals surface area contributed by atoms with Crippen LogP contribution in [0.15, 0.2) is 48.2 Å². The fourth-order valence-electron chi connectivity index (χ4n) is 1.81. The number of hydrogen-bond donors (Lipinski definition) is 0. The molecule has 0 atom stereocenters. The highest BCUT2D eigenvalue weighted by Crippen LogP contribution is 2.23. The molecule has 0 aliphatic rings. The minimum atomic E-state index is 0.519. The van der Waals surface area contributed by atoms with E-state index in [4.69, 9.17) is 11.6 Å². The molecule has 18 heavy (non-hydrogen) atoms. The summed E-state index contributed by atoms with van der Waals surface area (Å²) in [6.07, 6.45) is 5.51. The van der Waals surface area contributed by atoms with Gasteiger partial charge in [-0.05, 0) is 29.1 Å². The van der Waals surface area contributed by atoms with Gasteiger partial charge in [0.05, 0.1) is 4.88 Å². The number of thiophene rings is 1. The molecule has 0 saturated heterocycles. The van der Waals surface area contributed by atoms with Crippen LogP contribution in [-0.4, -0.2) is 14.5 Å². The quantitative estimate of drug-likeness (QED) is 0.682. The molecule has 90 valence electrons. The van der Waals surface area contributed by atoms with Crippen LogP contribution in [0.5, 0.6) is 0 Å². The number of aromatic nitrogens is 3. The smallest absolute Gasteiger partial charge is 0.150 e. The SMILES string of the molecule is Clc1cc(Cn2ccnc2-c2cccs2)ccn1. The second-order valence-electron chi connectivity index (χ2n) is 3.84. The minimum Gasteiger partial charge on any atom is -0.326 e. The molecule has 0 N–H and O–H groups in total. The van der Waals surface area contributed by atoms with Crippen LogP contribution in [0.3, 0.4) is 0 Å². The van der Waals surface area contributed by atoms with E-state index in [1.807, 2.05) is 30.6 Å². The van der Waals surface area contributed by atoms with Crippen molar-refractivity contribution >= 4 is 22.9 Å². The van der Waals surface area contributed by atoms with Crippen molar-refractivity contribution in [2.75, 3.05) is 0 Å². The summed E-state index contributed by atoms with van der Waals surface area (Å²) in [6.45, 7) is 0.746. The van der Waals surface area contributed by atoms with Crippen LogP contribution in [0.4, 0.5) is 0 Å². The van der Waals surface area contributed by atoms with Crippen LogP contribution >= 0.6 is 22.9 Å². The molecule has 0 amide bonds. The number of rotatable bonds is 3. The normalized spacial score (nSPS) is 10.7. The molecule has 3 aromatic rings. The van der Waals surface area contributed by atoms with E-state index in [2.05, 4.69) is 26.0 Å². The Morgan fingerprint density at radius 2 is 2.17 bits per heavy atom. The van der Waals surface area contributed by atoms with E-state index >= 15 is 0 Å². The summed E-state index contributed by atoms with van der Waals surface area (Å²) in [5.74, 6) is 0.984. The van der Waals surface area contributed by atoms with Gasteiger partial charge in [0.1, 0.15) is 11.0 Å². The standard InChI is InChI=1S/C13H10ClN3S/c14-12-8-10(3-4-15-12)9-17-6-5-16-13(17)11-2-1-7-18-11/h1-8H,9H2. The van der Waals surface area contributed by atoms with Crippen molar-refractivity contribution in [3.05, 3.63) is 59.0 Å². The molecular weight excluding hydrogens is 266 g/mol. The molecule has 0 fully saturated rings. The van der Waals surface area contributed by atoms with E-state index < -0.39 is 0 Å². The van der Waals surface area contributed by atoms with Crippen molar-refractivity contribution in [2.45, 2.75) is 6.54 Å². The summed E-state index contributed by atoms with van der Waals surface area (Å²) >= 11 is 7.58. The van der Waals surface area contributed by atoms with Crippen LogP contribution in [0.25, 0.3) is 10.7 Å². The fourth-order valence-corrected chi connectivity index (χ4v) is 2.74. The molecule has 0 aliphatic carbocycles. The summed E-state index contributed by atoms with van der Waals surface area (Å²) in [7, 11) is 0. The summed E-state index contributed by atoms with van der Waals surface area (Å²) < 4.78 is 2.11. The van der Waals surface area contributed by atoms with Crippen molar-refractivity contribution in [1.82, 2.24) is 14.5 Å². The maximum Gasteiger partial charge on any atom is 0.150 e. The van der Waals surface area contributed by atoms with Gasteiger partial charge >= 0.3 is 0 Å². The fraction of sp³-hybridized carbons (Fsp3) is 0.0769. The molecule has 0 radical (unpaired) electrons. The van der Waals surface area contributed by atoms with Gasteiger partial charge in [0.25, 0.3) is 0 Å². The summed E-state index contributed by atoms with van der Waals surface area (Å²) in [5.41, 5.74) is 1.12. The molecule has 0 aliphatic heterocycles. The largest absolute Gasteiger partial charge is 0.326 e. The van der Waals surface area contributed by atoms with E-state index in [0.29, 0.717) is 5.15 Å². The molecule has 0 bridgehead atoms. The first-order valence-corrected chi connectivity index (χ1v) is 6.74. The lowest BCUT2D eigenvalue weighted by Crippen LogP contribution is -2.00. The molecule has 0 spiro atoms. The van der Waals surface area contributed by atoms with Crippen LogP contribution in [-0.2, 0) is 6.54 Å². The summed E-state index contributed by atoms with van der Waals surface area (Å²) in [5, 5.41) is 2.57. The van der Waals surface area contributed by atoms with Gasteiger partial charge in [-0.1, -0.05) is 17.7 Å². The third kappa shape index (κ3) is 2.30. The van der Waals surface area contributed by atoms with Gasteiger partial charge < -0.3 is 4.57 Å². The summed E-state index contributed by atoms with van der Waals surface area (Å²) in [4.78, 5) is 9.55. The topological polar surface area (TPSA) is 30.7 Å². The van der Waals surface area contributed by atoms with Gasteiger partial charge in [-0.25, -0.2) is 9.97 Å². The Kier molecular flexibility index (Phi) is 3.13. The lowest BCUT2D eigenvalue weighted by atomic mass is 10.2. The van der Waals surface area contributed by atoms with Crippen LogP contribution in [0.1, 0.15) is 5.56 Å². The van der Waals surface area contributed by atoms with Crippen molar-refractivity contribution < 1.29 is 0 Å². The highest BCUT2D eigenvalue weighted by atomic mass is 35.5. The Balaban J connectivity index is 1.92.